The van der Waals surface area contributed by atoms with Crippen LogP contribution in [0.15, 0.2) is 5.16 Å². The van der Waals surface area contributed by atoms with Gasteiger partial charge in [-0.2, -0.15) is 0 Å². The number of carboxylic acids is 1. The van der Waals surface area contributed by atoms with E-state index in [1.54, 1.807) is 0 Å². The van der Waals surface area contributed by atoms with Crippen LogP contribution in [0.5, 0.6) is 0 Å². The molecule has 0 fully saturated rings. The summed E-state index contributed by atoms with van der Waals surface area (Å²) in [5.41, 5.74) is 0.304. The molecule has 1 rings (SSSR count). The van der Waals surface area contributed by atoms with Crippen molar-refractivity contribution in [2.24, 2.45) is 18.4 Å². The number of thioether (sulfide) groups is 1. The van der Waals surface area contributed by atoms with Crippen LogP contribution < -0.4 is 0 Å². The molecule has 0 aromatic carbocycles. The van der Waals surface area contributed by atoms with E-state index < -0.39 is 5.97 Å². The lowest BCUT2D eigenvalue weighted by atomic mass is 9.84. The first-order valence-corrected chi connectivity index (χ1v) is 7.40. The van der Waals surface area contributed by atoms with Crippen molar-refractivity contribution in [3.63, 3.8) is 0 Å². The van der Waals surface area contributed by atoms with E-state index in [0.29, 0.717) is 16.5 Å². The van der Waals surface area contributed by atoms with Gasteiger partial charge in [-0.15, -0.1) is 10.2 Å². The Hall–Kier alpha value is -1.04. The molecule has 1 heterocycles. The largest absolute Gasteiger partial charge is 0.481 e. The van der Waals surface area contributed by atoms with Crippen molar-refractivity contribution in [1.29, 1.82) is 0 Å². The summed E-state index contributed by atoms with van der Waals surface area (Å²) in [6.45, 7) is 8.90. The zero-order valence-corrected chi connectivity index (χ0v) is 13.1. The van der Waals surface area contributed by atoms with E-state index in [9.17, 15) is 4.79 Å². The highest BCUT2D eigenvalue weighted by Gasteiger charge is 2.18. The van der Waals surface area contributed by atoms with Crippen LogP contribution in [0.2, 0.25) is 0 Å². The molecule has 1 aromatic rings. The Morgan fingerprint density at radius 1 is 1.42 bits per heavy atom. The van der Waals surface area contributed by atoms with Crippen LogP contribution in [-0.2, 0) is 18.3 Å². The Labute approximate surface area is 118 Å². The van der Waals surface area contributed by atoms with E-state index in [0.717, 1.165) is 18.7 Å². The highest BCUT2D eigenvalue weighted by atomic mass is 32.2. The van der Waals surface area contributed by atoms with Crippen LogP contribution in [0.3, 0.4) is 0 Å². The molecule has 6 heteroatoms. The Morgan fingerprint density at radius 2 is 2.05 bits per heavy atom. The average Bonchev–Trinajstić information content (AvgIpc) is 2.55. The Kier molecular flexibility index (Phi) is 5.40. The molecule has 0 aliphatic heterocycles. The molecule has 108 valence electrons. The number of aromatic nitrogens is 3. The van der Waals surface area contributed by atoms with Crippen LogP contribution in [0.25, 0.3) is 0 Å². The fraction of sp³-hybridized carbons (Fsp3) is 0.769. The number of hydrogen-bond donors (Lipinski definition) is 1. The molecule has 19 heavy (non-hydrogen) atoms. The molecule has 5 nitrogen and oxygen atoms in total. The molecule has 1 N–H and O–H groups in total. The second kappa shape index (κ2) is 6.41. The molecule has 1 atom stereocenters. The van der Waals surface area contributed by atoms with Crippen molar-refractivity contribution >= 4 is 17.7 Å². The van der Waals surface area contributed by atoms with Gasteiger partial charge in [0.05, 0.1) is 5.75 Å². The van der Waals surface area contributed by atoms with Gasteiger partial charge in [0.2, 0.25) is 0 Å². The second-order valence-electron chi connectivity index (χ2n) is 6.21. The van der Waals surface area contributed by atoms with Crippen molar-refractivity contribution in [2.45, 2.75) is 45.7 Å². The summed E-state index contributed by atoms with van der Waals surface area (Å²) in [6.07, 6.45) is 1.99. The molecule has 0 spiro atoms. The summed E-state index contributed by atoms with van der Waals surface area (Å²) in [6, 6.07) is 0. The number of aliphatic carboxylic acids is 1. The molecular formula is C13H23N3O2S. The van der Waals surface area contributed by atoms with Crippen molar-refractivity contribution in [2.75, 3.05) is 5.75 Å². The molecule has 0 saturated carbocycles. The fourth-order valence-corrected chi connectivity index (χ4v) is 2.85. The Balaban J connectivity index is 2.62. The standard InChI is InChI=1S/C13H23N3O2S/c1-9(7-13(2,3)4)6-10-14-15-12(16(10)5)19-8-11(17)18/h9H,6-8H2,1-5H3,(H,17,18). The van der Waals surface area contributed by atoms with Gasteiger partial charge in [-0.25, -0.2) is 0 Å². The monoisotopic (exact) mass is 285 g/mol. The van der Waals surface area contributed by atoms with E-state index >= 15 is 0 Å². The minimum absolute atomic E-state index is 0.0174. The highest BCUT2D eigenvalue weighted by Crippen LogP contribution is 2.26. The fourth-order valence-electron chi connectivity index (χ4n) is 2.20. The highest BCUT2D eigenvalue weighted by molar-refractivity contribution is 7.99. The maximum absolute atomic E-state index is 10.5. The number of rotatable bonds is 6. The van der Waals surface area contributed by atoms with Gasteiger partial charge in [-0.1, -0.05) is 39.5 Å². The lowest BCUT2D eigenvalue weighted by Crippen LogP contribution is -2.14. The topological polar surface area (TPSA) is 68.0 Å². The molecule has 0 radical (unpaired) electrons. The van der Waals surface area contributed by atoms with Crippen LogP contribution >= 0.6 is 11.8 Å². The quantitative estimate of drug-likeness (QED) is 0.814. The predicted molar refractivity (Wildman–Crippen MR) is 76.3 cm³/mol. The SMILES string of the molecule is CC(Cc1nnc(SCC(=O)O)n1C)CC(C)(C)C. The Morgan fingerprint density at radius 3 is 2.58 bits per heavy atom. The lowest BCUT2D eigenvalue weighted by molar-refractivity contribution is -0.133. The van der Waals surface area contributed by atoms with Gasteiger partial charge >= 0.3 is 5.97 Å². The van der Waals surface area contributed by atoms with Crippen LogP contribution in [-0.4, -0.2) is 31.6 Å². The normalized spacial score (nSPS) is 13.5. The first-order chi connectivity index (χ1) is 8.69. The number of hydrogen-bond acceptors (Lipinski definition) is 4. The predicted octanol–water partition coefficient (Wildman–Crippen LogP) is 2.61. The summed E-state index contributed by atoms with van der Waals surface area (Å²) in [4.78, 5) is 10.5. The van der Waals surface area contributed by atoms with E-state index in [4.69, 9.17) is 5.11 Å². The van der Waals surface area contributed by atoms with Gasteiger partial charge in [-0.05, 0) is 17.8 Å². The van der Waals surface area contributed by atoms with Gasteiger partial charge in [0, 0.05) is 13.5 Å². The first kappa shape index (κ1) is 16.0. The maximum Gasteiger partial charge on any atom is 0.313 e. The lowest BCUT2D eigenvalue weighted by Gasteiger charge is -2.22. The molecule has 0 aliphatic carbocycles. The van der Waals surface area contributed by atoms with Crippen molar-refractivity contribution in [3.8, 4) is 0 Å². The average molecular weight is 285 g/mol. The van der Waals surface area contributed by atoms with Crippen molar-refractivity contribution < 1.29 is 9.90 Å². The van der Waals surface area contributed by atoms with E-state index in [1.807, 2.05) is 11.6 Å². The molecule has 1 unspecified atom stereocenters. The minimum atomic E-state index is -0.837. The summed E-state index contributed by atoms with van der Waals surface area (Å²) in [7, 11) is 1.89. The van der Waals surface area contributed by atoms with Gasteiger partial charge < -0.3 is 9.67 Å². The summed E-state index contributed by atoms with van der Waals surface area (Å²) in [5.74, 6) is 0.629. The zero-order chi connectivity index (χ0) is 14.6. The zero-order valence-electron chi connectivity index (χ0n) is 12.3. The van der Waals surface area contributed by atoms with E-state index in [2.05, 4.69) is 37.9 Å². The van der Waals surface area contributed by atoms with Gasteiger partial charge in [0.1, 0.15) is 5.82 Å². The molecule has 0 amide bonds. The van der Waals surface area contributed by atoms with E-state index in [1.165, 1.54) is 11.8 Å². The molecule has 0 aliphatic rings. The first-order valence-electron chi connectivity index (χ1n) is 6.42. The second-order valence-corrected chi connectivity index (χ2v) is 7.16. The molecule has 1 aromatic heterocycles. The summed E-state index contributed by atoms with van der Waals surface area (Å²) < 4.78 is 1.90. The van der Waals surface area contributed by atoms with Crippen LogP contribution in [0, 0.1) is 11.3 Å². The third-order valence-electron chi connectivity index (χ3n) is 2.74. The summed E-state index contributed by atoms with van der Waals surface area (Å²) in [5, 5.41) is 17.5. The third-order valence-corrected chi connectivity index (χ3v) is 3.75. The summed E-state index contributed by atoms with van der Waals surface area (Å²) >= 11 is 1.21. The molecule has 0 bridgehead atoms. The minimum Gasteiger partial charge on any atom is -0.481 e. The van der Waals surface area contributed by atoms with E-state index in [-0.39, 0.29) is 5.75 Å². The molecular weight excluding hydrogens is 262 g/mol. The number of carboxylic acid groups (broad SMARTS) is 1. The van der Waals surface area contributed by atoms with Gasteiger partial charge in [0.25, 0.3) is 0 Å². The van der Waals surface area contributed by atoms with Crippen molar-refractivity contribution in [3.05, 3.63) is 5.82 Å². The molecule has 0 saturated heterocycles. The van der Waals surface area contributed by atoms with Crippen LogP contribution in [0.4, 0.5) is 0 Å². The number of carbonyl (C=O) groups is 1. The van der Waals surface area contributed by atoms with Gasteiger partial charge in [0.15, 0.2) is 5.16 Å². The number of nitrogens with zero attached hydrogens (tertiary/aromatic N) is 3. The third kappa shape index (κ3) is 5.63. The maximum atomic E-state index is 10.5. The van der Waals surface area contributed by atoms with Gasteiger partial charge in [-0.3, -0.25) is 4.79 Å². The van der Waals surface area contributed by atoms with Crippen molar-refractivity contribution in [1.82, 2.24) is 14.8 Å². The smallest absolute Gasteiger partial charge is 0.313 e. The van der Waals surface area contributed by atoms with Crippen LogP contribution in [0.1, 0.15) is 39.9 Å². The Bertz CT molecular complexity index is 438.